The Bertz CT molecular complexity index is 1610. The molecule has 0 aliphatic carbocycles. The largest absolute Gasteiger partial charge is 0.445 e. The predicted molar refractivity (Wildman–Crippen MR) is 146 cm³/mol. The Morgan fingerprint density at radius 3 is 2.16 bits per heavy atom. The summed E-state index contributed by atoms with van der Waals surface area (Å²) < 4.78 is 34.1. The quantitative estimate of drug-likeness (QED) is 0.224. The average molecular weight is 526 g/mol. The van der Waals surface area contributed by atoms with Crippen LogP contribution in [0.4, 0.5) is 5.69 Å². The first-order valence-corrected chi connectivity index (χ1v) is 13.8. The molecule has 0 N–H and O–H groups in total. The fourth-order valence-electron chi connectivity index (χ4n) is 4.53. The molecule has 6 nitrogen and oxygen atoms in total. The molecule has 0 fully saturated rings. The number of hydrogen-bond acceptors (Lipinski definition) is 5. The number of aryl methyl sites for hydroxylation is 2. The van der Waals surface area contributed by atoms with Crippen molar-refractivity contribution in [2.75, 3.05) is 10.8 Å². The van der Waals surface area contributed by atoms with E-state index in [0.29, 0.717) is 29.8 Å². The molecule has 7 heteroatoms. The van der Waals surface area contributed by atoms with Gasteiger partial charge in [0.2, 0.25) is 5.78 Å². The second-order valence-corrected chi connectivity index (χ2v) is 11.3. The SMILES string of the molecule is Cc1ccc(C(=O)C(OC(=O)c2cccc(S(=O)(=O)N3CCc4ccccc43)c2)c2ccc(C)cc2)cc1. The number of hydrogen-bond donors (Lipinski definition) is 0. The van der Waals surface area contributed by atoms with Gasteiger partial charge < -0.3 is 4.74 Å². The van der Waals surface area contributed by atoms with Gasteiger partial charge in [0.05, 0.1) is 16.1 Å². The molecule has 0 saturated carbocycles. The van der Waals surface area contributed by atoms with Gasteiger partial charge in [0.25, 0.3) is 10.0 Å². The van der Waals surface area contributed by atoms with Crippen LogP contribution in [0.2, 0.25) is 0 Å². The number of esters is 1. The van der Waals surface area contributed by atoms with Crippen LogP contribution in [0.1, 0.15) is 49.1 Å². The highest BCUT2D eigenvalue weighted by molar-refractivity contribution is 7.92. The summed E-state index contributed by atoms with van der Waals surface area (Å²) in [6, 6.07) is 27.4. The first-order valence-electron chi connectivity index (χ1n) is 12.3. The zero-order valence-electron chi connectivity index (χ0n) is 21.1. The van der Waals surface area contributed by atoms with Gasteiger partial charge in [-0.25, -0.2) is 13.2 Å². The van der Waals surface area contributed by atoms with Crippen LogP contribution < -0.4 is 4.31 Å². The van der Waals surface area contributed by atoms with Crippen molar-refractivity contribution >= 4 is 27.5 Å². The maximum Gasteiger partial charge on any atom is 0.339 e. The molecule has 1 aliphatic heterocycles. The maximum absolute atomic E-state index is 13.5. The van der Waals surface area contributed by atoms with E-state index in [1.165, 1.54) is 28.6 Å². The Balaban J connectivity index is 1.45. The number of sulfonamides is 1. The van der Waals surface area contributed by atoms with E-state index in [9.17, 15) is 18.0 Å². The van der Waals surface area contributed by atoms with Crippen molar-refractivity contribution in [2.45, 2.75) is 31.3 Å². The van der Waals surface area contributed by atoms with Gasteiger partial charge in [-0.05, 0) is 50.1 Å². The molecule has 0 aromatic heterocycles. The Hall–Kier alpha value is -4.23. The topological polar surface area (TPSA) is 80.8 Å². The molecular formula is C31H27NO5S. The van der Waals surface area contributed by atoms with Crippen molar-refractivity contribution in [1.29, 1.82) is 0 Å². The lowest BCUT2D eigenvalue weighted by atomic mass is 9.98. The highest BCUT2D eigenvalue weighted by Crippen LogP contribution is 2.33. The maximum atomic E-state index is 13.5. The number of ether oxygens (including phenoxy) is 1. The molecule has 38 heavy (non-hydrogen) atoms. The van der Waals surface area contributed by atoms with Gasteiger partial charge in [0.15, 0.2) is 6.10 Å². The second-order valence-electron chi connectivity index (χ2n) is 9.41. The summed E-state index contributed by atoms with van der Waals surface area (Å²) in [4.78, 5) is 26.7. The van der Waals surface area contributed by atoms with Crippen molar-refractivity contribution in [1.82, 2.24) is 0 Å². The van der Waals surface area contributed by atoms with Crippen LogP contribution in [0.5, 0.6) is 0 Å². The lowest BCUT2D eigenvalue weighted by Gasteiger charge is -2.20. The van der Waals surface area contributed by atoms with Crippen molar-refractivity contribution in [3.63, 3.8) is 0 Å². The van der Waals surface area contributed by atoms with E-state index in [-0.39, 0.29) is 16.2 Å². The minimum Gasteiger partial charge on any atom is -0.445 e. The van der Waals surface area contributed by atoms with Crippen molar-refractivity contribution < 1.29 is 22.7 Å². The molecular weight excluding hydrogens is 498 g/mol. The number of Topliss-reactive ketones (excluding diaryl/α,β-unsaturated/α-hetero) is 1. The summed E-state index contributed by atoms with van der Waals surface area (Å²) >= 11 is 0. The average Bonchev–Trinajstić information content (AvgIpc) is 3.37. The Morgan fingerprint density at radius 2 is 1.45 bits per heavy atom. The van der Waals surface area contributed by atoms with Gasteiger partial charge in [-0.1, -0.05) is 83.9 Å². The number of fused-ring (bicyclic) bond motifs is 1. The molecule has 0 spiro atoms. The molecule has 1 unspecified atom stereocenters. The predicted octanol–water partition coefficient (Wildman–Crippen LogP) is 5.84. The minimum atomic E-state index is -3.90. The van der Waals surface area contributed by atoms with E-state index in [2.05, 4.69) is 0 Å². The second kappa shape index (κ2) is 10.3. The van der Waals surface area contributed by atoms with Gasteiger partial charge in [-0.2, -0.15) is 0 Å². The van der Waals surface area contributed by atoms with Crippen LogP contribution in [-0.2, 0) is 21.2 Å². The smallest absolute Gasteiger partial charge is 0.339 e. The molecule has 1 atom stereocenters. The summed E-state index contributed by atoms with van der Waals surface area (Å²) in [5, 5.41) is 0. The zero-order valence-corrected chi connectivity index (χ0v) is 21.9. The third kappa shape index (κ3) is 4.97. The van der Waals surface area contributed by atoms with Crippen LogP contribution in [0, 0.1) is 13.8 Å². The van der Waals surface area contributed by atoms with Crippen molar-refractivity contribution in [3.05, 3.63) is 130 Å². The first kappa shape index (κ1) is 25.4. The van der Waals surface area contributed by atoms with E-state index >= 15 is 0 Å². The molecule has 1 heterocycles. The summed E-state index contributed by atoms with van der Waals surface area (Å²) in [5.41, 5.74) is 4.61. The van der Waals surface area contributed by atoms with E-state index in [0.717, 1.165) is 16.7 Å². The fourth-order valence-corrected chi connectivity index (χ4v) is 6.08. The highest BCUT2D eigenvalue weighted by atomic mass is 32.2. The molecule has 4 aromatic carbocycles. The molecule has 0 saturated heterocycles. The number of carbonyl (C=O) groups is 2. The molecule has 4 aromatic rings. The van der Waals surface area contributed by atoms with Crippen LogP contribution in [0.3, 0.4) is 0 Å². The first-order chi connectivity index (χ1) is 18.2. The van der Waals surface area contributed by atoms with Crippen molar-refractivity contribution in [3.8, 4) is 0 Å². The normalized spacial score (nSPS) is 13.6. The Labute approximate surface area is 222 Å². The number of carbonyl (C=O) groups excluding carboxylic acids is 2. The highest BCUT2D eigenvalue weighted by Gasteiger charge is 2.32. The monoisotopic (exact) mass is 525 g/mol. The van der Waals surface area contributed by atoms with Gasteiger partial charge in [-0.15, -0.1) is 0 Å². The molecule has 5 rings (SSSR count). The molecule has 1 aliphatic rings. The van der Waals surface area contributed by atoms with Gasteiger partial charge in [0, 0.05) is 17.7 Å². The van der Waals surface area contributed by atoms with E-state index < -0.39 is 22.1 Å². The molecule has 0 amide bonds. The summed E-state index contributed by atoms with van der Waals surface area (Å²) in [7, 11) is -3.90. The number of nitrogens with zero attached hydrogens (tertiary/aromatic N) is 1. The Morgan fingerprint density at radius 1 is 0.789 bits per heavy atom. The third-order valence-electron chi connectivity index (χ3n) is 6.68. The molecule has 0 radical (unpaired) electrons. The number of ketones is 1. The Kier molecular flexibility index (Phi) is 6.87. The van der Waals surface area contributed by atoms with Crippen molar-refractivity contribution in [2.24, 2.45) is 0 Å². The molecule has 0 bridgehead atoms. The summed E-state index contributed by atoms with van der Waals surface area (Å²) in [6.07, 6.45) is -0.562. The van der Waals surface area contributed by atoms with Crippen LogP contribution in [0.25, 0.3) is 0 Å². The van der Waals surface area contributed by atoms with Gasteiger partial charge >= 0.3 is 5.97 Å². The zero-order chi connectivity index (χ0) is 26.9. The van der Waals surface area contributed by atoms with E-state index in [1.54, 1.807) is 36.4 Å². The summed E-state index contributed by atoms with van der Waals surface area (Å²) in [6.45, 7) is 4.18. The molecule has 192 valence electrons. The van der Waals surface area contributed by atoms with Crippen LogP contribution in [-0.4, -0.2) is 26.7 Å². The minimum absolute atomic E-state index is 0.0135. The van der Waals surface area contributed by atoms with E-state index in [4.69, 9.17) is 4.74 Å². The van der Waals surface area contributed by atoms with E-state index in [1.807, 2.05) is 50.2 Å². The summed E-state index contributed by atoms with van der Waals surface area (Å²) in [5.74, 6) is -1.14. The number of benzene rings is 4. The van der Waals surface area contributed by atoms with Gasteiger partial charge in [-0.3, -0.25) is 9.10 Å². The lowest BCUT2D eigenvalue weighted by molar-refractivity contribution is 0.0279. The lowest BCUT2D eigenvalue weighted by Crippen LogP contribution is -2.29. The number of para-hydroxylation sites is 1. The number of rotatable bonds is 7. The van der Waals surface area contributed by atoms with Crippen LogP contribution in [0.15, 0.2) is 102 Å². The fraction of sp³-hybridized carbons (Fsp3) is 0.161. The van der Waals surface area contributed by atoms with Crippen LogP contribution >= 0.6 is 0 Å². The standard InChI is InChI=1S/C31H27NO5S/c1-21-10-14-24(15-11-21)29(33)30(25-16-12-22(2)13-17-25)37-31(34)26-7-5-8-27(20-26)38(35,36)32-19-18-23-6-3-4-9-28(23)32/h3-17,20,30H,18-19H2,1-2H3. The third-order valence-corrected chi connectivity index (χ3v) is 8.49. The van der Waals surface area contributed by atoms with Gasteiger partial charge in [0.1, 0.15) is 0 Å². The number of anilines is 1.